The Hall–Kier alpha value is -3.42. The van der Waals surface area contributed by atoms with E-state index in [0.29, 0.717) is 24.2 Å². The van der Waals surface area contributed by atoms with Crippen LogP contribution >= 0.6 is 0 Å². The van der Waals surface area contributed by atoms with Crippen molar-refractivity contribution in [1.29, 1.82) is 0 Å². The number of amides is 1. The minimum atomic E-state index is -4.63. The number of hydrogen-bond acceptors (Lipinski definition) is 4. The summed E-state index contributed by atoms with van der Waals surface area (Å²) in [6.07, 6.45) is -1.74. The van der Waals surface area contributed by atoms with Gasteiger partial charge in [0.2, 0.25) is 0 Å². The quantitative estimate of drug-likeness (QED) is 0.745. The minimum absolute atomic E-state index is 0.0800. The van der Waals surface area contributed by atoms with Gasteiger partial charge in [0.05, 0.1) is 5.56 Å². The summed E-state index contributed by atoms with van der Waals surface area (Å²) in [5.41, 5.74) is 0.359. The van der Waals surface area contributed by atoms with E-state index in [0.717, 1.165) is 6.07 Å². The molecule has 1 unspecified atom stereocenters. The number of nitrogens with zero attached hydrogens (tertiary/aromatic N) is 1. The zero-order chi connectivity index (χ0) is 22.2. The maximum absolute atomic E-state index is 13.9. The molecule has 1 aromatic heterocycles. The van der Waals surface area contributed by atoms with E-state index >= 15 is 0 Å². The Balaban J connectivity index is 1.88. The van der Waals surface area contributed by atoms with Gasteiger partial charge in [-0.1, -0.05) is 24.3 Å². The molecule has 2 aromatic rings. The SMILES string of the molecule is CC1=C(C(=O)Nc2ccccn2)C(c2ccccc2C(F)(F)F)C2=C(CCCC2=O)N1. The molecule has 4 rings (SSSR count). The van der Waals surface area contributed by atoms with Crippen LogP contribution in [0.1, 0.15) is 43.2 Å². The van der Waals surface area contributed by atoms with Gasteiger partial charge in [0.1, 0.15) is 5.82 Å². The summed E-state index contributed by atoms with van der Waals surface area (Å²) in [5, 5.41) is 5.75. The van der Waals surface area contributed by atoms with Crippen molar-refractivity contribution in [3.05, 3.63) is 82.3 Å². The van der Waals surface area contributed by atoms with E-state index in [2.05, 4.69) is 15.6 Å². The first-order chi connectivity index (χ1) is 14.8. The summed E-state index contributed by atoms with van der Waals surface area (Å²) < 4.78 is 41.6. The molecule has 1 aliphatic heterocycles. The Morgan fingerprint density at radius 1 is 1.13 bits per heavy atom. The molecule has 2 N–H and O–H groups in total. The number of carbonyl (C=O) groups is 2. The number of nitrogens with one attached hydrogen (secondary N) is 2. The first-order valence-corrected chi connectivity index (χ1v) is 9.90. The highest BCUT2D eigenvalue weighted by Crippen LogP contribution is 2.46. The van der Waals surface area contributed by atoms with Crippen LogP contribution in [0, 0.1) is 0 Å². The number of benzene rings is 1. The van der Waals surface area contributed by atoms with Crippen molar-refractivity contribution >= 4 is 17.5 Å². The number of pyridine rings is 1. The molecular weight excluding hydrogens is 407 g/mol. The zero-order valence-corrected chi connectivity index (χ0v) is 16.7. The van der Waals surface area contributed by atoms with Crippen LogP contribution in [0.15, 0.2) is 71.2 Å². The molecule has 0 fully saturated rings. The highest BCUT2D eigenvalue weighted by Gasteiger charge is 2.43. The normalized spacial score (nSPS) is 19.1. The van der Waals surface area contributed by atoms with Gasteiger partial charge in [-0.05, 0) is 43.5 Å². The van der Waals surface area contributed by atoms with E-state index in [9.17, 15) is 22.8 Å². The van der Waals surface area contributed by atoms with Gasteiger partial charge in [-0.25, -0.2) is 4.98 Å². The summed E-state index contributed by atoms with van der Waals surface area (Å²) in [5.74, 6) is -1.70. The van der Waals surface area contributed by atoms with E-state index in [1.54, 1.807) is 25.1 Å². The van der Waals surface area contributed by atoms with E-state index in [4.69, 9.17) is 0 Å². The summed E-state index contributed by atoms with van der Waals surface area (Å²) >= 11 is 0. The second-order valence-electron chi connectivity index (χ2n) is 7.52. The highest BCUT2D eigenvalue weighted by molar-refractivity contribution is 6.09. The smallest absolute Gasteiger partial charge is 0.362 e. The molecule has 8 heteroatoms. The third-order valence-corrected chi connectivity index (χ3v) is 5.50. The van der Waals surface area contributed by atoms with Crippen LogP contribution < -0.4 is 10.6 Å². The van der Waals surface area contributed by atoms with Crippen LogP contribution in [0.3, 0.4) is 0 Å². The molecule has 0 radical (unpaired) electrons. The van der Waals surface area contributed by atoms with Crippen molar-refractivity contribution in [3.63, 3.8) is 0 Å². The molecule has 1 atom stereocenters. The van der Waals surface area contributed by atoms with E-state index in [1.165, 1.54) is 24.4 Å². The van der Waals surface area contributed by atoms with Crippen LogP contribution in [0.25, 0.3) is 0 Å². The number of carbonyl (C=O) groups excluding carboxylic acids is 2. The number of dihydropyridines is 1. The maximum atomic E-state index is 13.9. The molecule has 31 heavy (non-hydrogen) atoms. The number of alkyl halides is 3. The molecule has 5 nitrogen and oxygen atoms in total. The number of Topliss-reactive ketones (excluding diaryl/α,β-unsaturated/α-hetero) is 1. The van der Waals surface area contributed by atoms with Gasteiger partial charge in [-0.3, -0.25) is 9.59 Å². The number of ketones is 1. The lowest BCUT2D eigenvalue weighted by molar-refractivity contribution is -0.138. The van der Waals surface area contributed by atoms with Crippen molar-refractivity contribution in [2.75, 3.05) is 5.32 Å². The van der Waals surface area contributed by atoms with Crippen LogP contribution in [0.4, 0.5) is 19.0 Å². The minimum Gasteiger partial charge on any atom is -0.362 e. The molecule has 1 aliphatic carbocycles. The van der Waals surface area contributed by atoms with Crippen LogP contribution in [0.5, 0.6) is 0 Å². The third-order valence-electron chi connectivity index (χ3n) is 5.50. The Morgan fingerprint density at radius 2 is 1.87 bits per heavy atom. The molecule has 1 aromatic carbocycles. The number of halogens is 3. The molecule has 0 spiro atoms. The number of anilines is 1. The Kier molecular flexibility index (Phi) is 5.39. The van der Waals surface area contributed by atoms with E-state index in [1.807, 2.05) is 0 Å². The lowest BCUT2D eigenvalue weighted by Gasteiger charge is -2.35. The standard InChI is InChI=1S/C23H20F3N3O2/c1-13-19(22(31)29-18-11-4-5-12-27-18)20(21-16(28-13)9-6-10-17(21)30)14-7-2-3-8-15(14)23(24,25)26/h2-5,7-8,11-12,20,28H,6,9-10H2,1H3,(H,27,29,31). The fourth-order valence-corrected chi connectivity index (χ4v) is 4.22. The van der Waals surface area contributed by atoms with Crippen molar-refractivity contribution in [1.82, 2.24) is 10.3 Å². The Bertz CT molecular complexity index is 1100. The fraction of sp³-hybridized carbons (Fsp3) is 0.261. The summed E-state index contributed by atoms with van der Waals surface area (Å²) in [4.78, 5) is 30.2. The molecule has 0 saturated carbocycles. The first-order valence-electron chi connectivity index (χ1n) is 9.90. The second kappa shape index (κ2) is 8.02. The Labute approximate surface area is 177 Å². The number of aromatic nitrogens is 1. The molecule has 2 aliphatic rings. The largest absolute Gasteiger partial charge is 0.416 e. The molecule has 160 valence electrons. The van der Waals surface area contributed by atoms with E-state index in [-0.39, 0.29) is 34.7 Å². The average molecular weight is 427 g/mol. The van der Waals surface area contributed by atoms with Crippen molar-refractivity contribution in [2.45, 2.75) is 38.3 Å². The second-order valence-corrected chi connectivity index (χ2v) is 7.52. The lowest BCUT2D eigenvalue weighted by atomic mass is 9.73. The van der Waals surface area contributed by atoms with Gasteiger partial charge in [0.15, 0.2) is 5.78 Å². The highest BCUT2D eigenvalue weighted by atomic mass is 19.4. The Morgan fingerprint density at radius 3 is 2.58 bits per heavy atom. The summed E-state index contributed by atoms with van der Waals surface area (Å²) in [7, 11) is 0. The van der Waals surface area contributed by atoms with Gasteiger partial charge in [-0.15, -0.1) is 0 Å². The topological polar surface area (TPSA) is 71.1 Å². The predicted molar refractivity (Wildman–Crippen MR) is 109 cm³/mol. The van der Waals surface area contributed by atoms with Gasteiger partial charge < -0.3 is 10.6 Å². The van der Waals surface area contributed by atoms with Gasteiger partial charge in [0.25, 0.3) is 5.91 Å². The average Bonchev–Trinajstić information content (AvgIpc) is 2.73. The van der Waals surface area contributed by atoms with Crippen molar-refractivity contribution < 1.29 is 22.8 Å². The van der Waals surface area contributed by atoms with Crippen LogP contribution in [-0.2, 0) is 15.8 Å². The molecule has 2 heterocycles. The first kappa shape index (κ1) is 20.8. The lowest BCUT2D eigenvalue weighted by Crippen LogP contribution is -2.36. The summed E-state index contributed by atoms with van der Waals surface area (Å²) in [6.45, 7) is 1.64. The van der Waals surface area contributed by atoms with Gasteiger partial charge in [-0.2, -0.15) is 13.2 Å². The fourth-order valence-electron chi connectivity index (χ4n) is 4.22. The number of allylic oxidation sites excluding steroid dienone is 3. The number of rotatable bonds is 3. The third kappa shape index (κ3) is 3.97. The van der Waals surface area contributed by atoms with E-state index < -0.39 is 23.6 Å². The zero-order valence-electron chi connectivity index (χ0n) is 16.7. The summed E-state index contributed by atoms with van der Waals surface area (Å²) in [6, 6.07) is 10.1. The molecular formula is C23H20F3N3O2. The monoisotopic (exact) mass is 427 g/mol. The van der Waals surface area contributed by atoms with Gasteiger partial charge in [0, 0.05) is 41.1 Å². The van der Waals surface area contributed by atoms with Crippen LogP contribution in [0.2, 0.25) is 0 Å². The molecule has 0 bridgehead atoms. The molecule has 0 saturated heterocycles. The maximum Gasteiger partial charge on any atom is 0.416 e. The van der Waals surface area contributed by atoms with Crippen LogP contribution in [-0.4, -0.2) is 16.7 Å². The van der Waals surface area contributed by atoms with Crippen molar-refractivity contribution in [2.24, 2.45) is 0 Å². The van der Waals surface area contributed by atoms with Crippen molar-refractivity contribution in [3.8, 4) is 0 Å². The molecule has 1 amide bonds. The van der Waals surface area contributed by atoms with Gasteiger partial charge >= 0.3 is 6.18 Å². The number of hydrogen-bond donors (Lipinski definition) is 2. The predicted octanol–water partition coefficient (Wildman–Crippen LogP) is 4.71.